The largest absolute Gasteiger partial charge is 0.340 e. The van der Waals surface area contributed by atoms with Gasteiger partial charge in [0.1, 0.15) is 0 Å². The van der Waals surface area contributed by atoms with E-state index in [1.54, 1.807) is 0 Å². The van der Waals surface area contributed by atoms with E-state index in [1.807, 2.05) is 0 Å². The maximum absolute atomic E-state index is 11.6. The third-order valence-electron chi connectivity index (χ3n) is 3.67. The van der Waals surface area contributed by atoms with E-state index in [2.05, 4.69) is 23.9 Å². The maximum atomic E-state index is 11.6. The van der Waals surface area contributed by atoms with E-state index in [0.29, 0.717) is 18.0 Å². The van der Waals surface area contributed by atoms with Crippen LogP contribution in [0.2, 0.25) is 0 Å². The molecule has 80 valence electrons. The average Bonchev–Trinajstić information content (AvgIpc) is 2.17. The van der Waals surface area contributed by atoms with Crippen molar-refractivity contribution in [1.29, 1.82) is 0 Å². The molecule has 0 aliphatic carbocycles. The number of nitrogens with zero attached hydrogens (tertiary/aromatic N) is 2. The summed E-state index contributed by atoms with van der Waals surface area (Å²) >= 11 is 0. The summed E-state index contributed by atoms with van der Waals surface area (Å²) in [6, 6.07) is 1.22. The second-order valence-electron chi connectivity index (χ2n) is 4.77. The summed E-state index contributed by atoms with van der Waals surface area (Å²) in [6.07, 6.45) is 5.42. The van der Waals surface area contributed by atoms with Gasteiger partial charge < -0.3 is 9.80 Å². The van der Waals surface area contributed by atoms with E-state index < -0.39 is 0 Å². The Hall–Kier alpha value is -0.570. The highest BCUT2D eigenvalue weighted by Crippen LogP contribution is 2.28. The molecule has 2 aliphatic heterocycles. The van der Waals surface area contributed by atoms with Crippen molar-refractivity contribution >= 4 is 5.91 Å². The minimum absolute atomic E-state index is 0.387. The molecule has 2 fully saturated rings. The van der Waals surface area contributed by atoms with E-state index >= 15 is 0 Å². The van der Waals surface area contributed by atoms with Gasteiger partial charge in [0, 0.05) is 25.0 Å². The molecule has 3 heteroatoms. The lowest BCUT2D eigenvalue weighted by atomic mass is 9.89. The molecule has 1 amide bonds. The first kappa shape index (κ1) is 9.97. The van der Waals surface area contributed by atoms with Gasteiger partial charge in [-0.15, -0.1) is 0 Å². The van der Waals surface area contributed by atoms with Crippen molar-refractivity contribution in [3.8, 4) is 0 Å². The van der Waals surface area contributed by atoms with Gasteiger partial charge in [0.2, 0.25) is 5.91 Å². The molecule has 3 nitrogen and oxygen atoms in total. The van der Waals surface area contributed by atoms with Gasteiger partial charge in [-0.25, -0.2) is 0 Å². The number of carbonyl (C=O) groups is 1. The summed E-state index contributed by atoms with van der Waals surface area (Å²) < 4.78 is 0. The van der Waals surface area contributed by atoms with Crippen molar-refractivity contribution in [2.24, 2.45) is 0 Å². The number of hydrogen-bond donors (Lipinski definition) is 0. The van der Waals surface area contributed by atoms with Gasteiger partial charge in [0.05, 0.1) is 0 Å². The summed E-state index contributed by atoms with van der Waals surface area (Å²) in [5, 5.41) is 0. The van der Waals surface area contributed by atoms with Crippen LogP contribution in [0, 0.1) is 0 Å². The fourth-order valence-electron chi connectivity index (χ4n) is 2.73. The van der Waals surface area contributed by atoms with E-state index in [4.69, 9.17) is 0 Å². The van der Waals surface area contributed by atoms with Crippen LogP contribution in [0.5, 0.6) is 0 Å². The normalized spacial score (nSPS) is 33.4. The van der Waals surface area contributed by atoms with Gasteiger partial charge in [0.25, 0.3) is 0 Å². The summed E-state index contributed by atoms with van der Waals surface area (Å²) in [7, 11) is 4.29. The van der Waals surface area contributed by atoms with Crippen molar-refractivity contribution in [3.05, 3.63) is 0 Å². The highest BCUT2D eigenvalue weighted by molar-refractivity contribution is 5.77. The van der Waals surface area contributed by atoms with Crippen LogP contribution in [0.15, 0.2) is 0 Å². The highest BCUT2D eigenvalue weighted by atomic mass is 16.2. The number of fused-ring (bicyclic) bond motifs is 1. The predicted octanol–water partition coefficient (Wildman–Crippen LogP) is 1.09. The molecule has 2 unspecified atom stereocenters. The van der Waals surface area contributed by atoms with E-state index in [9.17, 15) is 4.79 Å². The van der Waals surface area contributed by atoms with Gasteiger partial charge >= 0.3 is 0 Å². The van der Waals surface area contributed by atoms with Gasteiger partial charge in [-0.1, -0.05) is 0 Å². The first-order chi connectivity index (χ1) is 6.68. The summed E-state index contributed by atoms with van der Waals surface area (Å²) in [5.74, 6) is 0.387. The first-order valence-electron chi connectivity index (χ1n) is 5.64. The molecule has 2 atom stereocenters. The SMILES string of the molecule is CN(C)C1CCN2C(=O)CCCC2C1. The maximum Gasteiger partial charge on any atom is 0.222 e. The monoisotopic (exact) mass is 196 g/mol. The zero-order valence-corrected chi connectivity index (χ0v) is 9.20. The smallest absolute Gasteiger partial charge is 0.222 e. The highest BCUT2D eigenvalue weighted by Gasteiger charge is 2.34. The molecule has 0 bridgehead atoms. The lowest BCUT2D eigenvalue weighted by Crippen LogP contribution is -2.52. The molecule has 0 aromatic heterocycles. The molecular weight excluding hydrogens is 176 g/mol. The second kappa shape index (κ2) is 3.89. The Morgan fingerprint density at radius 2 is 2.14 bits per heavy atom. The number of rotatable bonds is 1. The molecule has 0 N–H and O–H groups in total. The summed E-state index contributed by atoms with van der Waals surface area (Å²) in [5.41, 5.74) is 0. The van der Waals surface area contributed by atoms with Gasteiger partial charge in [-0.3, -0.25) is 4.79 Å². The second-order valence-corrected chi connectivity index (χ2v) is 4.77. The lowest BCUT2D eigenvalue weighted by molar-refractivity contribution is -0.138. The fourth-order valence-corrected chi connectivity index (χ4v) is 2.73. The summed E-state index contributed by atoms with van der Waals surface area (Å²) in [4.78, 5) is 16.0. The molecule has 0 spiro atoms. The topological polar surface area (TPSA) is 23.6 Å². The molecular formula is C11H20N2O. The zero-order chi connectivity index (χ0) is 10.1. The number of piperidine rings is 2. The minimum Gasteiger partial charge on any atom is -0.340 e. The third-order valence-corrected chi connectivity index (χ3v) is 3.67. The van der Waals surface area contributed by atoms with Crippen molar-refractivity contribution in [1.82, 2.24) is 9.80 Å². The molecule has 2 saturated heterocycles. The van der Waals surface area contributed by atoms with Crippen LogP contribution in [0.25, 0.3) is 0 Å². The van der Waals surface area contributed by atoms with Crippen LogP contribution in [0.1, 0.15) is 32.1 Å². The van der Waals surface area contributed by atoms with Gasteiger partial charge in [0.15, 0.2) is 0 Å². The van der Waals surface area contributed by atoms with E-state index in [0.717, 1.165) is 25.8 Å². The summed E-state index contributed by atoms with van der Waals surface area (Å²) in [6.45, 7) is 0.979. The van der Waals surface area contributed by atoms with Crippen molar-refractivity contribution in [2.45, 2.75) is 44.2 Å². The Morgan fingerprint density at radius 3 is 2.86 bits per heavy atom. The minimum atomic E-state index is 0.387. The van der Waals surface area contributed by atoms with Crippen LogP contribution < -0.4 is 0 Å². The Bertz CT molecular complexity index is 227. The quantitative estimate of drug-likeness (QED) is 0.627. The van der Waals surface area contributed by atoms with Crippen LogP contribution in [0.4, 0.5) is 0 Å². The Kier molecular flexibility index (Phi) is 2.77. The van der Waals surface area contributed by atoms with Crippen molar-refractivity contribution in [2.75, 3.05) is 20.6 Å². The van der Waals surface area contributed by atoms with Gasteiger partial charge in [-0.05, 0) is 39.8 Å². The Labute approximate surface area is 86.1 Å². The Balaban J connectivity index is 1.99. The van der Waals surface area contributed by atoms with Crippen molar-refractivity contribution < 1.29 is 4.79 Å². The number of amides is 1. The lowest BCUT2D eigenvalue weighted by Gasteiger charge is -2.44. The van der Waals surface area contributed by atoms with E-state index in [1.165, 1.54) is 12.8 Å². The standard InChI is InChI=1S/C11H20N2O/c1-12(2)9-6-7-13-10(8-9)4-3-5-11(13)14/h9-10H,3-8H2,1-2H3. The molecule has 2 heterocycles. The van der Waals surface area contributed by atoms with Crippen molar-refractivity contribution in [3.63, 3.8) is 0 Å². The molecule has 0 saturated carbocycles. The first-order valence-corrected chi connectivity index (χ1v) is 5.64. The van der Waals surface area contributed by atoms with Crippen LogP contribution in [0.3, 0.4) is 0 Å². The molecule has 2 rings (SSSR count). The van der Waals surface area contributed by atoms with Crippen LogP contribution in [-0.4, -0.2) is 48.4 Å². The van der Waals surface area contributed by atoms with Crippen LogP contribution in [-0.2, 0) is 4.79 Å². The van der Waals surface area contributed by atoms with Crippen LogP contribution >= 0.6 is 0 Å². The number of hydrogen-bond acceptors (Lipinski definition) is 2. The third kappa shape index (κ3) is 1.78. The fraction of sp³-hybridized carbons (Fsp3) is 0.909. The molecule has 0 aromatic carbocycles. The molecule has 0 aromatic rings. The number of carbonyl (C=O) groups excluding carboxylic acids is 1. The molecule has 0 radical (unpaired) electrons. The zero-order valence-electron chi connectivity index (χ0n) is 9.20. The van der Waals surface area contributed by atoms with E-state index in [-0.39, 0.29) is 0 Å². The predicted molar refractivity (Wildman–Crippen MR) is 56.1 cm³/mol. The van der Waals surface area contributed by atoms with Gasteiger partial charge in [-0.2, -0.15) is 0 Å². The Morgan fingerprint density at radius 1 is 1.36 bits per heavy atom. The molecule has 2 aliphatic rings. The average molecular weight is 196 g/mol. The molecule has 14 heavy (non-hydrogen) atoms.